The Morgan fingerprint density at radius 1 is 0.651 bits per heavy atom. The molecule has 4 aliphatic carbocycles. The van der Waals surface area contributed by atoms with Gasteiger partial charge in [-0.3, -0.25) is 24.0 Å². The summed E-state index contributed by atoms with van der Waals surface area (Å²) in [7, 11) is -1.32. The van der Waals surface area contributed by atoms with E-state index in [1.165, 1.54) is 19.3 Å². The third-order valence-electron chi connectivity index (χ3n) is 15.9. The molecule has 0 amide bonds. The zero-order valence-electron chi connectivity index (χ0n) is 52.9. The van der Waals surface area contributed by atoms with Gasteiger partial charge in [0.05, 0.1) is 90.2 Å². The largest absolute Gasteiger partial charge is 1.00 e. The van der Waals surface area contributed by atoms with Crippen LogP contribution in [0, 0.1) is 45.8 Å². The first-order valence-electron chi connectivity index (χ1n) is 29.5. The van der Waals surface area contributed by atoms with E-state index in [4.69, 9.17) is 46.4 Å². The minimum absolute atomic E-state index is 0. The first-order valence-corrected chi connectivity index (χ1v) is 33.0. The van der Waals surface area contributed by atoms with Crippen molar-refractivity contribution in [2.45, 2.75) is 210 Å². The summed E-state index contributed by atoms with van der Waals surface area (Å²) in [4.78, 5) is 60.1. The predicted molar refractivity (Wildman–Crippen MR) is 304 cm³/mol. The van der Waals surface area contributed by atoms with Gasteiger partial charge in [-0.2, -0.15) is 13.2 Å². The number of alkyl halides is 3. The molecule has 0 saturated heterocycles. The number of ether oxygens (including phenoxy) is 8. The maximum Gasteiger partial charge on any atom is 1.00 e. The standard InChI is InChI=1S/C20H29F3O7S.C13H28O5Si.C13H26O2.C12H24O5.Ag/c1-4-17(2,3)15(24)30-19-8-12-5-13(9-19)7-18(6-12,11-19)16(25)29-14(20(21,22)23)10-31(26,27)28;1-7-13(2,3)12(14)18-10-8-9-11-19(15-4,16-5)17-6;1-5-8-9-12(7-3)10-15-13(14)11(4)6-2;1-4-11(2)12(13)17-10-9-16-8-7-15-6-5-14-3;/h12-14H,4-11H2,1-3H3,(H,26,27,28);7-11H2,1-6H3;11-12H,5-10H2,1-4H3;11H,4-10H2,1-3H3;/q;;;;+1/p-1. The number of rotatable bonds is 36. The number of esters is 5. The minimum Gasteiger partial charge on any atom is -0.748 e. The van der Waals surface area contributed by atoms with Crippen LogP contribution < -0.4 is 0 Å². The van der Waals surface area contributed by atoms with Gasteiger partial charge in [-0.15, -0.1) is 0 Å². The van der Waals surface area contributed by atoms with Gasteiger partial charge in [-0.25, -0.2) is 8.42 Å². The quantitative estimate of drug-likeness (QED) is 0.0186. The normalized spacial score (nSPS) is 20.7. The van der Waals surface area contributed by atoms with Gasteiger partial charge >= 0.3 is 67.2 Å². The number of carbonyl (C=O) groups excluding carboxylic acids is 5. The van der Waals surface area contributed by atoms with Crippen molar-refractivity contribution in [1.29, 1.82) is 0 Å². The topological polar surface area (TPSA) is 244 Å². The van der Waals surface area contributed by atoms with E-state index in [-0.39, 0.29) is 70.4 Å². The van der Waals surface area contributed by atoms with Crippen LogP contribution in [0.5, 0.6) is 0 Å². The molecule has 6 atom stereocenters. The number of unbranched alkanes of at least 4 members (excludes halogenated alkanes) is 2. The summed E-state index contributed by atoms with van der Waals surface area (Å²) >= 11 is 0. The molecule has 83 heavy (non-hydrogen) atoms. The number of methoxy groups -OCH3 is 1. The summed E-state index contributed by atoms with van der Waals surface area (Å²) in [5.41, 5.74) is -3.35. The van der Waals surface area contributed by atoms with E-state index >= 15 is 0 Å². The fourth-order valence-electron chi connectivity index (χ4n) is 9.54. The van der Waals surface area contributed by atoms with Crippen LogP contribution in [0.15, 0.2) is 0 Å². The summed E-state index contributed by atoms with van der Waals surface area (Å²) < 4.78 is 130. The van der Waals surface area contributed by atoms with Gasteiger partial charge in [0, 0.05) is 40.9 Å². The van der Waals surface area contributed by atoms with Crippen LogP contribution in [0.4, 0.5) is 13.2 Å². The van der Waals surface area contributed by atoms with Crippen LogP contribution in [0.25, 0.3) is 0 Å². The Morgan fingerprint density at radius 3 is 1.59 bits per heavy atom. The Kier molecular flexibility index (Phi) is 41.0. The van der Waals surface area contributed by atoms with Crippen molar-refractivity contribution < 1.29 is 124 Å². The fraction of sp³-hybridized carbons (Fsp3) is 0.914. The molecule has 6 unspecified atom stereocenters. The second kappa shape index (κ2) is 41.1. The SMILES string of the molecule is CCC(C)(C)C(=O)OC12CC3CC(C1)CC(C(=O)OC(CS(=O)(=O)[O-])C(F)(F)F)(C3)C2.CCC(C)(C)C(=O)OCCCC[Si](OC)(OC)OC.CCC(C)C(=O)OCCOCCOCCOC.CCCCC(CC)COC(=O)C(C)CC.[Ag+]. The molecule has 0 heterocycles. The molecule has 0 aromatic carbocycles. The molecule has 0 aromatic rings. The van der Waals surface area contributed by atoms with Crippen LogP contribution >= 0.6 is 0 Å². The van der Waals surface area contributed by atoms with E-state index in [1.54, 1.807) is 42.3 Å². The van der Waals surface area contributed by atoms with Gasteiger partial charge in [0.2, 0.25) is 6.10 Å². The van der Waals surface area contributed by atoms with Crippen molar-refractivity contribution in [2.75, 3.05) is 87.0 Å². The average molecular weight is 1330 g/mol. The summed E-state index contributed by atoms with van der Waals surface area (Å²) in [6.07, 6.45) is 3.68. The molecule has 4 fully saturated rings. The smallest absolute Gasteiger partial charge is 0.748 e. The van der Waals surface area contributed by atoms with Crippen molar-refractivity contribution in [1.82, 2.24) is 0 Å². The first kappa shape index (κ1) is 82.8. The zero-order valence-corrected chi connectivity index (χ0v) is 56.2. The third-order valence-corrected chi connectivity index (χ3v) is 19.5. The fourth-order valence-corrected chi connectivity index (χ4v) is 12.0. The van der Waals surface area contributed by atoms with Crippen LogP contribution in [0.3, 0.4) is 0 Å². The second-order valence-corrected chi connectivity index (χ2v) is 27.9. The van der Waals surface area contributed by atoms with E-state index in [0.29, 0.717) is 90.9 Å². The summed E-state index contributed by atoms with van der Waals surface area (Å²) in [5.74, 6) is -3.20. The maximum atomic E-state index is 13.3. The average Bonchev–Trinajstić information content (AvgIpc) is 3.42. The molecule has 4 saturated carbocycles. The van der Waals surface area contributed by atoms with E-state index in [0.717, 1.165) is 51.0 Å². The summed E-state index contributed by atoms with van der Waals surface area (Å²) in [6, 6.07) is 0.727. The van der Waals surface area contributed by atoms with E-state index in [1.807, 2.05) is 55.4 Å². The second-order valence-electron chi connectivity index (χ2n) is 23.4. The molecule has 4 aliphatic rings. The van der Waals surface area contributed by atoms with E-state index in [2.05, 4.69) is 18.6 Å². The maximum absolute atomic E-state index is 13.3. The monoisotopic (exact) mass is 1330 g/mol. The first-order chi connectivity index (χ1) is 38.2. The molecule has 4 bridgehead atoms. The minimum atomic E-state index is -5.27. The van der Waals surface area contributed by atoms with Crippen LogP contribution in [0.2, 0.25) is 6.04 Å². The Hall–Kier alpha value is -2.23. The molecular formula is C58H106AgF3O19SSi. The van der Waals surface area contributed by atoms with Crippen LogP contribution in [-0.2, 0) is 108 Å². The molecular weight excluding hydrogens is 1230 g/mol. The number of halogens is 3. The Labute approximate surface area is 512 Å². The Bertz CT molecular complexity index is 1940. The van der Waals surface area contributed by atoms with Crippen LogP contribution in [-0.4, -0.2) is 157 Å². The third kappa shape index (κ3) is 31.5. The van der Waals surface area contributed by atoms with Crippen LogP contribution in [0.1, 0.15) is 186 Å². The molecule has 0 aromatic heterocycles. The molecule has 25 heteroatoms. The number of carbonyl (C=O) groups is 5. The van der Waals surface area contributed by atoms with Gasteiger partial charge in [0.1, 0.15) is 12.2 Å². The molecule has 494 valence electrons. The van der Waals surface area contributed by atoms with E-state index < -0.39 is 70.7 Å². The zero-order chi connectivity index (χ0) is 63.0. The summed E-state index contributed by atoms with van der Waals surface area (Å²) in [5, 5.41) is 0. The van der Waals surface area contributed by atoms with E-state index in [9.17, 15) is 50.1 Å². The van der Waals surface area contributed by atoms with Crippen molar-refractivity contribution in [3.05, 3.63) is 0 Å². The van der Waals surface area contributed by atoms with Crippen molar-refractivity contribution in [3.8, 4) is 0 Å². The van der Waals surface area contributed by atoms with Gasteiger partial charge in [0.15, 0.2) is 0 Å². The van der Waals surface area contributed by atoms with Crippen molar-refractivity contribution >= 4 is 48.8 Å². The molecule has 0 N–H and O–H groups in total. The Balaban J connectivity index is 0. The molecule has 0 radical (unpaired) electrons. The van der Waals surface area contributed by atoms with Gasteiger partial charge < -0.3 is 55.7 Å². The summed E-state index contributed by atoms with van der Waals surface area (Å²) in [6.45, 7) is 27.2. The molecule has 19 nitrogen and oxygen atoms in total. The van der Waals surface area contributed by atoms with Gasteiger partial charge in [-0.1, -0.05) is 74.7 Å². The van der Waals surface area contributed by atoms with Gasteiger partial charge in [0.25, 0.3) is 0 Å². The number of hydrogen-bond acceptors (Lipinski definition) is 19. The predicted octanol–water partition coefficient (Wildman–Crippen LogP) is 11.0. The Morgan fingerprint density at radius 2 is 1.14 bits per heavy atom. The van der Waals surface area contributed by atoms with Crippen molar-refractivity contribution in [2.24, 2.45) is 45.8 Å². The molecule has 4 rings (SSSR count). The molecule has 0 aliphatic heterocycles. The van der Waals surface area contributed by atoms with Crippen molar-refractivity contribution in [3.63, 3.8) is 0 Å². The number of hydrogen-bond donors (Lipinski definition) is 0. The molecule has 0 spiro atoms. The van der Waals surface area contributed by atoms with Gasteiger partial charge in [-0.05, 0) is 122 Å².